The van der Waals surface area contributed by atoms with Crippen molar-refractivity contribution in [2.24, 2.45) is 17.8 Å². The van der Waals surface area contributed by atoms with Crippen LogP contribution in [0, 0.1) is 23.6 Å². The highest BCUT2D eigenvalue weighted by Gasteiger charge is 2.34. The highest BCUT2D eigenvalue weighted by molar-refractivity contribution is 5.78. The summed E-state index contributed by atoms with van der Waals surface area (Å²) < 4.78 is 20.6. The molecule has 3 heteroatoms. The van der Waals surface area contributed by atoms with Crippen LogP contribution in [-0.4, -0.2) is 12.1 Å². The van der Waals surface area contributed by atoms with Gasteiger partial charge in [0.2, 0.25) is 0 Å². The van der Waals surface area contributed by atoms with E-state index >= 15 is 0 Å². The van der Waals surface area contributed by atoms with Crippen molar-refractivity contribution in [1.82, 2.24) is 0 Å². The summed E-state index contributed by atoms with van der Waals surface area (Å²) in [7, 11) is 0. The average Bonchev–Trinajstić information content (AvgIpc) is 2.67. The molecule has 0 amide bonds. The van der Waals surface area contributed by atoms with Crippen LogP contribution in [0.15, 0.2) is 48.5 Å². The summed E-state index contributed by atoms with van der Waals surface area (Å²) in [6, 6.07) is 14.5. The third-order valence-corrected chi connectivity index (χ3v) is 6.16. The fraction of sp³-hybridized carbons (Fsp3) is 0.480. The Morgan fingerprint density at radius 3 is 2.43 bits per heavy atom. The number of carbonyl (C=O) groups excluding carboxylic acids is 1. The fourth-order valence-electron chi connectivity index (χ4n) is 4.29. The number of benzene rings is 2. The minimum absolute atomic E-state index is 0.0351. The maximum atomic E-state index is 14.7. The Labute approximate surface area is 168 Å². The summed E-state index contributed by atoms with van der Waals surface area (Å²) in [4.78, 5) is 12.8. The Bertz CT molecular complexity index is 799. The lowest BCUT2D eigenvalue weighted by Crippen LogP contribution is -2.36. The predicted octanol–water partition coefficient (Wildman–Crippen LogP) is 6.60. The Hall–Kier alpha value is -2.16. The molecule has 0 aliphatic heterocycles. The lowest BCUT2D eigenvalue weighted by molar-refractivity contribution is -0.157. The van der Waals surface area contributed by atoms with Gasteiger partial charge in [0.1, 0.15) is 11.9 Å². The molecule has 0 aromatic heterocycles. The molecule has 1 fully saturated rings. The molecule has 0 spiro atoms. The SMILES string of the molecule is CC(C(=O)OC1C[C@H](C)CCC1C(C)C)c1ccc(-c2ccccc2)c(F)c1. The van der Waals surface area contributed by atoms with Crippen LogP contribution in [0.1, 0.15) is 58.4 Å². The van der Waals surface area contributed by atoms with Crippen molar-refractivity contribution in [3.8, 4) is 11.1 Å². The van der Waals surface area contributed by atoms with E-state index in [2.05, 4.69) is 20.8 Å². The number of hydrogen-bond donors (Lipinski definition) is 0. The van der Waals surface area contributed by atoms with Crippen molar-refractivity contribution in [3.63, 3.8) is 0 Å². The predicted molar refractivity (Wildman–Crippen MR) is 111 cm³/mol. The van der Waals surface area contributed by atoms with Crippen molar-refractivity contribution < 1.29 is 13.9 Å². The number of rotatable bonds is 5. The van der Waals surface area contributed by atoms with E-state index in [1.165, 1.54) is 12.5 Å². The van der Waals surface area contributed by atoms with Crippen LogP contribution >= 0.6 is 0 Å². The molecule has 2 aromatic rings. The van der Waals surface area contributed by atoms with Gasteiger partial charge in [0, 0.05) is 5.56 Å². The number of ether oxygens (including phenoxy) is 1. The van der Waals surface area contributed by atoms with Gasteiger partial charge < -0.3 is 4.74 Å². The Morgan fingerprint density at radius 2 is 1.79 bits per heavy atom. The molecular formula is C25H31FO2. The van der Waals surface area contributed by atoms with E-state index in [0.29, 0.717) is 28.9 Å². The second kappa shape index (κ2) is 8.89. The molecule has 1 saturated carbocycles. The average molecular weight is 383 g/mol. The van der Waals surface area contributed by atoms with Gasteiger partial charge >= 0.3 is 5.97 Å². The number of esters is 1. The van der Waals surface area contributed by atoms with Crippen molar-refractivity contribution in [2.75, 3.05) is 0 Å². The molecule has 2 nitrogen and oxygen atoms in total. The highest BCUT2D eigenvalue weighted by atomic mass is 19.1. The van der Waals surface area contributed by atoms with E-state index in [4.69, 9.17) is 4.74 Å². The molecule has 150 valence electrons. The molecule has 28 heavy (non-hydrogen) atoms. The zero-order valence-corrected chi connectivity index (χ0v) is 17.3. The Kier molecular flexibility index (Phi) is 6.53. The molecule has 0 saturated heterocycles. The Balaban J connectivity index is 1.73. The fourth-order valence-corrected chi connectivity index (χ4v) is 4.29. The zero-order valence-electron chi connectivity index (χ0n) is 17.3. The number of halogens is 1. The Morgan fingerprint density at radius 1 is 1.07 bits per heavy atom. The van der Waals surface area contributed by atoms with Crippen LogP contribution in [0.5, 0.6) is 0 Å². The van der Waals surface area contributed by atoms with E-state index in [9.17, 15) is 9.18 Å². The molecule has 4 atom stereocenters. The second-order valence-electron chi connectivity index (χ2n) is 8.63. The van der Waals surface area contributed by atoms with Crippen molar-refractivity contribution in [1.29, 1.82) is 0 Å². The van der Waals surface area contributed by atoms with Crippen LogP contribution in [0.25, 0.3) is 11.1 Å². The molecule has 3 unspecified atom stereocenters. The van der Waals surface area contributed by atoms with Crippen LogP contribution in [-0.2, 0) is 9.53 Å². The van der Waals surface area contributed by atoms with Gasteiger partial charge in [-0.15, -0.1) is 0 Å². The standard InChI is InChI=1S/C25H31FO2/c1-16(2)21-12-10-17(3)14-24(21)28-25(27)18(4)20-11-13-22(23(26)15-20)19-8-6-5-7-9-19/h5-9,11,13,15-18,21,24H,10,12,14H2,1-4H3/t17-,18?,21?,24?/m1/s1. The number of carbonyl (C=O) groups is 1. The highest BCUT2D eigenvalue weighted by Crippen LogP contribution is 2.36. The van der Waals surface area contributed by atoms with E-state index in [0.717, 1.165) is 18.4 Å². The first-order valence-electron chi connectivity index (χ1n) is 10.4. The maximum Gasteiger partial charge on any atom is 0.313 e. The van der Waals surface area contributed by atoms with Crippen LogP contribution < -0.4 is 0 Å². The van der Waals surface area contributed by atoms with Crippen LogP contribution in [0.4, 0.5) is 4.39 Å². The largest absolute Gasteiger partial charge is 0.462 e. The molecular weight excluding hydrogens is 351 g/mol. The smallest absolute Gasteiger partial charge is 0.313 e. The molecule has 0 N–H and O–H groups in total. The summed E-state index contributed by atoms with van der Waals surface area (Å²) >= 11 is 0. The van der Waals surface area contributed by atoms with Crippen molar-refractivity contribution >= 4 is 5.97 Å². The van der Waals surface area contributed by atoms with Gasteiger partial charge in [0.15, 0.2) is 0 Å². The third-order valence-electron chi connectivity index (χ3n) is 6.16. The second-order valence-corrected chi connectivity index (χ2v) is 8.63. The van der Waals surface area contributed by atoms with Gasteiger partial charge in [-0.05, 0) is 54.7 Å². The van der Waals surface area contributed by atoms with Crippen LogP contribution in [0.3, 0.4) is 0 Å². The van der Waals surface area contributed by atoms with Gasteiger partial charge in [0.05, 0.1) is 5.92 Å². The zero-order chi connectivity index (χ0) is 20.3. The van der Waals surface area contributed by atoms with E-state index in [-0.39, 0.29) is 17.9 Å². The molecule has 0 bridgehead atoms. The first kappa shape index (κ1) is 20.6. The minimum Gasteiger partial charge on any atom is -0.462 e. The van der Waals surface area contributed by atoms with Gasteiger partial charge in [0.25, 0.3) is 0 Å². The van der Waals surface area contributed by atoms with E-state index < -0.39 is 5.92 Å². The summed E-state index contributed by atoms with van der Waals surface area (Å²) in [5, 5.41) is 0. The van der Waals surface area contributed by atoms with Gasteiger partial charge in [-0.1, -0.05) is 69.7 Å². The quantitative estimate of drug-likeness (QED) is 0.545. The van der Waals surface area contributed by atoms with Crippen LogP contribution in [0.2, 0.25) is 0 Å². The first-order valence-corrected chi connectivity index (χ1v) is 10.4. The van der Waals surface area contributed by atoms with Crippen molar-refractivity contribution in [2.45, 2.75) is 59.0 Å². The monoisotopic (exact) mass is 382 g/mol. The number of hydrogen-bond acceptors (Lipinski definition) is 2. The molecule has 1 aliphatic rings. The van der Waals surface area contributed by atoms with Gasteiger partial charge in [-0.25, -0.2) is 4.39 Å². The van der Waals surface area contributed by atoms with E-state index in [1.807, 2.05) is 36.4 Å². The lowest BCUT2D eigenvalue weighted by Gasteiger charge is -2.37. The van der Waals surface area contributed by atoms with E-state index in [1.54, 1.807) is 13.0 Å². The summed E-state index contributed by atoms with van der Waals surface area (Å²) in [5.41, 5.74) is 2.04. The third kappa shape index (κ3) is 4.63. The molecule has 3 rings (SSSR count). The molecule has 1 aliphatic carbocycles. The molecule has 0 heterocycles. The first-order chi connectivity index (χ1) is 13.4. The topological polar surface area (TPSA) is 26.3 Å². The summed E-state index contributed by atoms with van der Waals surface area (Å²) in [6.07, 6.45) is 3.18. The molecule has 2 aromatic carbocycles. The van der Waals surface area contributed by atoms with Gasteiger partial charge in [-0.2, -0.15) is 0 Å². The van der Waals surface area contributed by atoms with Gasteiger partial charge in [-0.3, -0.25) is 4.79 Å². The minimum atomic E-state index is -0.482. The van der Waals surface area contributed by atoms with Crippen molar-refractivity contribution in [3.05, 3.63) is 59.9 Å². The maximum absolute atomic E-state index is 14.7. The summed E-state index contributed by atoms with van der Waals surface area (Å²) in [6.45, 7) is 8.42. The lowest BCUT2D eigenvalue weighted by atomic mass is 9.75. The molecule has 0 radical (unpaired) electrons. The normalized spacial score (nSPS) is 23.4. The summed E-state index contributed by atoms with van der Waals surface area (Å²) in [5.74, 6) is 0.425.